The molecule has 0 aliphatic carbocycles. The zero-order valence-corrected chi connectivity index (χ0v) is 34.6. The Morgan fingerprint density at radius 1 is 0.266 bits per heavy atom. The molecule has 5 heteroatoms. The maximum absolute atomic E-state index is 5.01. The minimum atomic E-state index is 0.632. The molecule has 0 spiro atoms. The van der Waals surface area contributed by atoms with E-state index in [1.807, 2.05) is 60.7 Å². The number of para-hydroxylation sites is 2. The third kappa shape index (κ3) is 5.68. The summed E-state index contributed by atoms with van der Waals surface area (Å²) in [6, 6.07) is 80.0. The van der Waals surface area contributed by atoms with Gasteiger partial charge < -0.3 is 9.13 Å². The molecule has 5 nitrogen and oxygen atoms in total. The van der Waals surface area contributed by atoms with Gasteiger partial charge in [-0.1, -0.05) is 158 Å². The van der Waals surface area contributed by atoms with Crippen LogP contribution in [0, 0.1) is 0 Å². The predicted octanol–water partition coefficient (Wildman–Crippen LogP) is 15.0. The molecular weight excluding hydrogens is 779 g/mol. The molecule has 13 rings (SSSR count). The fraction of sp³-hybridized carbons (Fsp3) is 0. The van der Waals surface area contributed by atoms with Crippen molar-refractivity contribution in [1.82, 2.24) is 24.1 Å². The first-order valence-electron chi connectivity index (χ1n) is 21.7. The van der Waals surface area contributed by atoms with Crippen molar-refractivity contribution in [3.05, 3.63) is 224 Å². The van der Waals surface area contributed by atoms with Crippen LogP contribution >= 0.6 is 0 Å². The normalized spacial score (nSPS) is 11.8. The third-order valence-electron chi connectivity index (χ3n) is 12.7. The van der Waals surface area contributed by atoms with Gasteiger partial charge in [0.05, 0.1) is 22.1 Å². The van der Waals surface area contributed by atoms with Crippen molar-refractivity contribution in [1.29, 1.82) is 0 Å². The smallest absolute Gasteiger partial charge is 0.164 e. The molecule has 0 aliphatic rings. The van der Waals surface area contributed by atoms with Crippen molar-refractivity contribution in [2.45, 2.75) is 0 Å². The number of hydrogen-bond donors (Lipinski definition) is 0. The van der Waals surface area contributed by atoms with E-state index in [2.05, 4.69) is 173 Å². The van der Waals surface area contributed by atoms with Crippen LogP contribution in [-0.4, -0.2) is 24.1 Å². The number of hydrogen-bond acceptors (Lipinski definition) is 3. The molecule has 10 aromatic carbocycles. The molecule has 0 N–H and O–H groups in total. The largest absolute Gasteiger partial charge is 0.309 e. The molecule has 0 saturated carbocycles. The van der Waals surface area contributed by atoms with Crippen molar-refractivity contribution < 1.29 is 0 Å². The number of fused-ring (bicyclic) bond motifs is 10. The van der Waals surface area contributed by atoms with Gasteiger partial charge in [-0.3, -0.25) is 0 Å². The fourth-order valence-electron chi connectivity index (χ4n) is 9.86. The Balaban J connectivity index is 1.01. The molecule has 0 bridgehead atoms. The van der Waals surface area contributed by atoms with Crippen LogP contribution in [0.25, 0.3) is 122 Å². The van der Waals surface area contributed by atoms with E-state index in [4.69, 9.17) is 15.0 Å². The number of aromatic nitrogens is 5. The van der Waals surface area contributed by atoms with Crippen molar-refractivity contribution in [3.63, 3.8) is 0 Å². The highest BCUT2D eigenvalue weighted by atomic mass is 15.0. The summed E-state index contributed by atoms with van der Waals surface area (Å²) in [6.45, 7) is 0. The fourth-order valence-corrected chi connectivity index (χ4v) is 9.86. The van der Waals surface area contributed by atoms with Crippen LogP contribution in [0.1, 0.15) is 0 Å². The molecule has 64 heavy (non-hydrogen) atoms. The van der Waals surface area contributed by atoms with Gasteiger partial charge in [-0.05, 0) is 99.4 Å². The first-order valence-corrected chi connectivity index (χ1v) is 21.7. The van der Waals surface area contributed by atoms with Gasteiger partial charge in [0.15, 0.2) is 17.5 Å². The minimum Gasteiger partial charge on any atom is -0.309 e. The van der Waals surface area contributed by atoms with Crippen LogP contribution in [-0.2, 0) is 0 Å². The highest BCUT2D eigenvalue weighted by Crippen LogP contribution is 2.44. The van der Waals surface area contributed by atoms with Gasteiger partial charge >= 0.3 is 0 Å². The Morgan fingerprint density at radius 2 is 0.734 bits per heavy atom. The van der Waals surface area contributed by atoms with Gasteiger partial charge in [0.25, 0.3) is 0 Å². The number of nitrogens with zero attached hydrogens (tertiary/aromatic N) is 5. The lowest BCUT2D eigenvalue weighted by molar-refractivity contribution is 1.07. The van der Waals surface area contributed by atoms with Crippen LogP contribution in [0.3, 0.4) is 0 Å². The Hall–Kier alpha value is -8.67. The summed E-state index contributed by atoms with van der Waals surface area (Å²) in [4.78, 5) is 14.9. The number of rotatable bonds is 6. The maximum Gasteiger partial charge on any atom is 0.164 e. The molecule has 0 aliphatic heterocycles. The van der Waals surface area contributed by atoms with E-state index in [-0.39, 0.29) is 0 Å². The zero-order chi connectivity index (χ0) is 42.1. The highest BCUT2D eigenvalue weighted by molar-refractivity contribution is 6.25. The SMILES string of the molecule is c1ccc(-c2nc(-c3ccccc3)nc(-c3ccc(-n4c5ccc(-c6cc7c(c8ccccc68)c6ccccc6n7-c6ccccc6)cc5c5c6ccccc6ccc54)cc3)n2)cc1. The molecule has 13 aromatic rings. The first-order chi connectivity index (χ1) is 31.7. The van der Waals surface area contributed by atoms with E-state index in [9.17, 15) is 0 Å². The van der Waals surface area contributed by atoms with Gasteiger partial charge in [-0.2, -0.15) is 0 Å². The summed E-state index contributed by atoms with van der Waals surface area (Å²) in [5.74, 6) is 1.92. The molecule has 0 fully saturated rings. The van der Waals surface area contributed by atoms with Crippen LogP contribution < -0.4 is 0 Å². The molecule has 0 unspecified atom stereocenters. The summed E-state index contributed by atoms with van der Waals surface area (Å²) >= 11 is 0. The molecular formula is C59H37N5. The molecule has 0 atom stereocenters. The number of benzene rings is 10. The van der Waals surface area contributed by atoms with Crippen LogP contribution in [0.4, 0.5) is 0 Å². The second-order valence-corrected chi connectivity index (χ2v) is 16.4. The zero-order valence-electron chi connectivity index (χ0n) is 34.6. The molecule has 0 radical (unpaired) electrons. The van der Waals surface area contributed by atoms with Crippen LogP contribution in [0.15, 0.2) is 224 Å². The third-order valence-corrected chi connectivity index (χ3v) is 12.7. The minimum absolute atomic E-state index is 0.632. The Bertz CT molecular complexity index is 3870. The first kappa shape index (κ1) is 36.0. The van der Waals surface area contributed by atoms with Crippen molar-refractivity contribution in [2.24, 2.45) is 0 Å². The summed E-state index contributed by atoms with van der Waals surface area (Å²) in [5.41, 5.74) is 12.1. The average Bonchev–Trinajstić information content (AvgIpc) is 3.90. The second-order valence-electron chi connectivity index (χ2n) is 16.4. The monoisotopic (exact) mass is 815 g/mol. The van der Waals surface area contributed by atoms with Crippen molar-refractivity contribution in [3.8, 4) is 56.7 Å². The standard InChI is InChI=1S/C59H37N5/c1-4-17-39(18-5-1)57-60-58(40-19-6-2-7-20-40)62-59(61-57)41-28-32-44(33-29-41)63-52-34-31-42(36-50(52)55-45-23-11-10-16-38(45)30-35-53(55)63)49-37-54-56(47-25-13-12-24-46(47)49)48-26-14-15-27-51(48)64(54)43-21-8-3-9-22-43/h1-37H. The molecule has 0 saturated heterocycles. The molecule has 3 aromatic heterocycles. The predicted molar refractivity (Wildman–Crippen MR) is 265 cm³/mol. The molecule has 0 amide bonds. The second kappa shape index (κ2) is 14.5. The van der Waals surface area contributed by atoms with Crippen molar-refractivity contribution >= 4 is 65.2 Å². The van der Waals surface area contributed by atoms with E-state index < -0.39 is 0 Å². The molecule has 298 valence electrons. The summed E-state index contributed by atoms with van der Waals surface area (Å²) in [7, 11) is 0. The van der Waals surface area contributed by atoms with Gasteiger partial charge in [0, 0.05) is 49.6 Å². The highest BCUT2D eigenvalue weighted by Gasteiger charge is 2.21. The van der Waals surface area contributed by atoms with Gasteiger partial charge in [0.2, 0.25) is 0 Å². The van der Waals surface area contributed by atoms with Gasteiger partial charge in [-0.25, -0.2) is 15.0 Å². The van der Waals surface area contributed by atoms with Crippen molar-refractivity contribution in [2.75, 3.05) is 0 Å². The Kier molecular flexibility index (Phi) is 8.15. The van der Waals surface area contributed by atoms with E-state index >= 15 is 0 Å². The van der Waals surface area contributed by atoms with E-state index in [1.54, 1.807) is 0 Å². The topological polar surface area (TPSA) is 48.5 Å². The Morgan fingerprint density at radius 3 is 1.42 bits per heavy atom. The summed E-state index contributed by atoms with van der Waals surface area (Å²) < 4.78 is 4.82. The summed E-state index contributed by atoms with van der Waals surface area (Å²) in [6.07, 6.45) is 0. The molecule has 3 heterocycles. The quantitative estimate of drug-likeness (QED) is 0.168. The van der Waals surface area contributed by atoms with Crippen LogP contribution in [0.2, 0.25) is 0 Å². The van der Waals surface area contributed by atoms with E-state index in [0.29, 0.717) is 17.5 Å². The van der Waals surface area contributed by atoms with Gasteiger partial charge in [-0.15, -0.1) is 0 Å². The lowest BCUT2D eigenvalue weighted by Crippen LogP contribution is -2.00. The van der Waals surface area contributed by atoms with Crippen LogP contribution in [0.5, 0.6) is 0 Å². The lowest BCUT2D eigenvalue weighted by Gasteiger charge is -2.13. The van der Waals surface area contributed by atoms with Gasteiger partial charge in [0.1, 0.15) is 0 Å². The lowest BCUT2D eigenvalue weighted by atomic mass is 9.93. The average molecular weight is 816 g/mol. The van der Waals surface area contributed by atoms with E-state index in [0.717, 1.165) is 39.1 Å². The summed E-state index contributed by atoms with van der Waals surface area (Å²) in [5, 5.41) is 9.90. The Labute approximate surface area is 368 Å². The maximum atomic E-state index is 5.01. The van der Waals surface area contributed by atoms with E-state index in [1.165, 1.54) is 65.3 Å².